The molecule has 0 bridgehead atoms. The molecule has 1 aromatic carbocycles. The lowest BCUT2D eigenvalue weighted by atomic mass is 10.1. The first kappa shape index (κ1) is 15.6. The minimum Gasteiger partial charge on any atom is -0.463 e. The molecule has 0 radical (unpaired) electrons. The summed E-state index contributed by atoms with van der Waals surface area (Å²) in [5.41, 5.74) is 1.18. The van der Waals surface area contributed by atoms with Crippen LogP contribution in [0.1, 0.15) is 28.8 Å². The van der Waals surface area contributed by atoms with Gasteiger partial charge in [-0.15, -0.1) is 0 Å². The van der Waals surface area contributed by atoms with Crippen LogP contribution in [-0.4, -0.2) is 19.1 Å². The van der Waals surface area contributed by atoms with Gasteiger partial charge in [0, 0.05) is 11.1 Å². The van der Waals surface area contributed by atoms with Gasteiger partial charge in [0.05, 0.1) is 13.7 Å². The summed E-state index contributed by atoms with van der Waals surface area (Å²) in [6, 6.07) is 11.5. The molecule has 0 amide bonds. The van der Waals surface area contributed by atoms with E-state index in [1.54, 1.807) is 12.1 Å². The number of methoxy groups -OCH3 is 1. The Morgan fingerprint density at radius 3 is 2.90 bits per heavy atom. The number of esters is 1. The fourth-order valence-corrected chi connectivity index (χ4v) is 2.26. The standard InChI is InChI=1S/C16H18ClNO3/c1-11(8-12-4-3-5-13(17)9-12)18-10-14-6-7-15(21-14)16(19)20-2/h3-7,9,11,18H,8,10H2,1-2H3. The highest BCUT2D eigenvalue weighted by Crippen LogP contribution is 2.13. The molecule has 1 unspecified atom stereocenters. The van der Waals surface area contributed by atoms with Crippen molar-refractivity contribution in [1.82, 2.24) is 5.32 Å². The van der Waals surface area contributed by atoms with Gasteiger partial charge in [0.25, 0.3) is 0 Å². The molecule has 1 atom stereocenters. The van der Waals surface area contributed by atoms with E-state index in [4.69, 9.17) is 16.0 Å². The van der Waals surface area contributed by atoms with E-state index in [-0.39, 0.29) is 11.8 Å². The van der Waals surface area contributed by atoms with Crippen LogP contribution in [-0.2, 0) is 17.7 Å². The van der Waals surface area contributed by atoms with Crippen LogP contribution < -0.4 is 5.32 Å². The Balaban J connectivity index is 1.85. The number of carbonyl (C=O) groups is 1. The molecule has 0 aliphatic heterocycles. The fraction of sp³-hybridized carbons (Fsp3) is 0.312. The Kier molecular flexibility index (Phi) is 5.42. The highest BCUT2D eigenvalue weighted by molar-refractivity contribution is 6.30. The predicted octanol–water partition coefficient (Wildman–Crippen LogP) is 3.44. The molecule has 1 N–H and O–H groups in total. The van der Waals surface area contributed by atoms with Crippen molar-refractivity contribution < 1.29 is 13.9 Å². The van der Waals surface area contributed by atoms with Gasteiger partial charge >= 0.3 is 5.97 Å². The first-order valence-corrected chi connectivity index (χ1v) is 7.11. The Bertz CT molecular complexity index is 609. The van der Waals surface area contributed by atoms with Gasteiger partial charge in [-0.25, -0.2) is 4.79 Å². The maximum Gasteiger partial charge on any atom is 0.373 e. The second-order valence-electron chi connectivity index (χ2n) is 4.87. The van der Waals surface area contributed by atoms with Crippen molar-refractivity contribution in [2.24, 2.45) is 0 Å². The predicted molar refractivity (Wildman–Crippen MR) is 81.5 cm³/mol. The summed E-state index contributed by atoms with van der Waals surface area (Å²) < 4.78 is 10.00. The maximum atomic E-state index is 11.3. The van der Waals surface area contributed by atoms with E-state index >= 15 is 0 Å². The van der Waals surface area contributed by atoms with Crippen molar-refractivity contribution in [3.8, 4) is 0 Å². The van der Waals surface area contributed by atoms with Crippen LogP contribution in [0.5, 0.6) is 0 Å². The minimum atomic E-state index is -0.465. The summed E-state index contributed by atoms with van der Waals surface area (Å²) in [5, 5.41) is 4.09. The van der Waals surface area contributed by atoms with Crippen LogP contribution in [0.3, 0.4) is 0 Å². The third-order valence-electron chi connectivity index (χ3n) is 3.10. The first-order chi connectivity index (χ1) is 10.1. The van der Waals surface area contributed by atoms with E-state index in [1.165, 1.54) is 12.7 Å². The summed E-state index contributed by atoms with van der Waals surface area (Å²) in [4.78, 5) is 11.3. The van der Waals surface area contributed by atoms with Crippen LogP contribution in [0.15, 0.2) is 40.8 Å². The van der Waals surface area contributed by atoms with Gasteiger partial charge in [0.15, 0.2) is 0 Å². The number of hydrogen-bond acceptors (Lipinski definition) is 4. The molecule has 0 aliphatic rings. The van der Waals surface area contributed by atoms with Crippen molar-refractivity contribution in [3.63, 3.8) is 0 Å². The average Bonchev–Trinajstić information content (AvgIpc) is 2.93. The molecule has 0 saturated heterocycles. The number of benzene rings is 1. The van der Waals surface area contributed by atoms with Crippen molar-refractivity contribution in [3.05, 3.63) is 58.5 Å². The summed E-state index contributed by atoms with van der Waals surface area (Å²) in [7, 11) is 1.33. The van der Waals surface area contributed by atoms with Gasteiger partial charge < -0.3 is 14.5 Å². The summed E-state index contributed by atoms with van der Waals surface area (Å²) in [5.74, 6) is 0.457. The fourth-order valence-electron chi connectivity index (χ4n) is 2.05. The zero-order valence-corrected chi connectivity index (χ0v) is 12.8. The van der Waals surface area contributed by atoms with E-state index in [2.05, 4.69) is 17.0 Å². The first-order valence-electron chi connectivity index (χ1n) is 6.73. The van der Waals surface area contributed by atoms with Gasteiger partial charge in [-0.2, -0.15) is 0 Å². The van der Waals surface area contributed by atoms with Crippen LogP contribution >= 0.6 is 11.6 Å². The lowest BCUT2D eigenvalue weighted by Crippen LogP contribution is -2.27. The Hall–Kier alpha value is -1.78. The van der Waals surface area contributed by atoms with E-state index < -0.39 is 5.97 Å². The third kappa shape index (κ3) is 4.62. The van der Waals surface area contributed by atoms with Gasteiger partial charge in [-0.05, 0) is 43.2 Å². The molecule has 2 aromatic rings. The molecular weight excluding hydrogens is 290 g/mol. The van der Waals surface area contributed by atoms with Gasteiger partial charge in [-0.3, -0.25) is 0 Å². The molecule has 4 nitrogen and oxygen atoms in total. The Labute approximate surface area is 129 Å². The number of ether oxygens (including phenoxy) is 1. The number of rotatable bonds is 6. The molecule has 1 heterocycles. The van der Waals surface area contributed by atoms with Crippen LogP contribution in [0.4, 0.5) is 0 Å². The van der Waals surface area contributed by atoms with E-state index in [9.17, 15) is 4.79 Å². The van der Waals surface area contributed by atoms with E-state index in [1.807, 2.05) is 24.3 Å². The van der Waals surface area contributed by atoms with Gasteiger partial charge in [0.1, 0.15) is 5.76 Å². The van der Waals surface area contributed by atoms with Crippen LogP contribution in [0.2, 0.25) is 5.02 Å². The Morgan fingerprint density at radius 1 is 1.38 bits per heavy atom. The molecule has 0 aliphatic carbocycles. The van der Waals surface area contributed by atoms with Crippen molar-refractivity contribution >= 4 is 17.6 Å². The van der Waals surface area contributed by atoms with Gasteiger partial charge in [-0.1, -0.05) is 23.7 Å². The lowest BCUT2D eigenvalue weighted by molar-refractivity contribution is 0.0563. The molecule has 5 heteroatoms. The lowest BCUT2D eigenvalue weighted by Gasteiger charge is -2.13. The number of furan rings is 1. The minimum absolute atomic E-state index is 0.219. The smallest absolute Gasteiger partial charge is 0.373 e. The third-order valence-corrected chi connectivity index (χ3v) is 3.34. The SMILES string of the molecule is COC(=O)c1ccc(CNC(C)Cc2cccc(Cl)c2)o1. The zero-order valence-electron chi connectivity index (χ0n) is 12.1. The quantitative estimate of drug-likeness (QED) is 0.831. The van der Waals surface area contributed by atoms with Crippen molar-refractivity contribution in [1.29, 1.82) is 0 Å². The van der Waals surface area contributed by atoms with Crippen LogP contribution in [0, 0.1) is 0 Å². The summed E-state index contributed by atoms with van der Waals surface area (Å²) >= 11 is 5.97. The molecule has 1 aromatic heterocycles. The number of nitrogens with one attached hydrogen (secondary N) is 1. The highest BCUT2D eigenvalue weighted by atomic mass is 35.5. The molecule has 0 spiro atoms. The normalized spacial score (nSPS) is 12.1. The van der Waals surface area contributed by atoms with E-state index in [0.717, 1.165) is 11.4 Å². The number of carbonyl (C=O) groups excluding carboxylic acids is 1. The highest BCUT2D eigenvalue weighted by Gasteiger charge is 2.11. The van der Waals surface area contributed by atoms with Crippen molar-refractivity contribution in [2.45, 2.75) is 25.9 Å². The molecular formula is C16H18ClNO3. The molecule has 112 valence electrons. The van der Waals surface area contributed by atoms with Crippen LogP contribution in [0.25, 0.3) is 0 Å². The van der Waals surface area contributed by atoms with Gasteiger partial charge in [0.2, 0.25) is 5.76 Å². The molecule has 21 heavy (non-hydrogen) atoms. The average molecular weight is 308 g/mol. The second-order valence-corrected chi connectivity index (χ2v) is 5.31. The number of halogens is 1. The molecule has 0 fully saturated rings. The van der Waals surface area contributed by atoms with Crippen molar-refractivity contribution in [2.75, 3.05) is 7.11 Å². The zero-order chi connectivity index (χ0) is 15.2. The largest absolute Gasteiger partial charge is 0.463 e. The summed E-state index contributed by atoms with van der Waals surface area (Å²) in [6.07, 6.45) is 0.866. The molecule has 2 rings (SSSR count). The molecule has 0 saturated carbocycles. The number of hydrogen-bond donors (Lipinski definition) is 1. The monoisotopic (exact) mass is 307 g/mol. The van der Waals surface area contributed by atoms with E-state index in [0.29, 0.717) is 12.3 Å². The second kappa shape index (κ2) is 7.29. The summed E-state index contributed by atoms with van der Waals surface area (Å²) in [6.45, 7) is 2.64. The topological polar surface area (TPSA) is 51.5 Å². The Morgan fingerprint density at radius 2 is 2.19 bits per heavy atom. The maximum absolute atomic E-state index is 11.3.